The van der Waals surface area contributed by atoms with Crippen LogP contribution in [0.25, 0.3) is 21.3 Å². The molecule has 3 aromatic rings. The third-order valence-electron chi connectivity index (χ3n) is 5.87. The van der Waals surface area contributed by atoms with Gasteiger partial charge in [0.15, 0.2) is 5.78 Å². The Labute approximate surface area is 150 Å². The van der Waals surface area contributed by atoms with Crippen molar-refractivity contribution < 1.29 is 4.79 Å². The highest BCUT2D eigenvalue weighted by Crippen LogP contribution is 2.35. The van der Waals surface area contributed by atoms with Gasteiger partial charge in [0.1, 0.15) is 5.69 Å². The number of thiophene rings is 1. The zero-order valence-corrected chi connectivity index (χ0v) is 14.9. The second-order valence-electron chi connectivity index (χ2n) is 7.34. The van der Waals surface area contributed by atoms with Gasteiger partial charge >= 0.3 is 0 Å². The van der Waals surface area contributed by atoms with E-state index in [4.69, 9.17) is 0 Å². The molecule has 0 unspecified atom stereocenters. The second kappa shape index (κ2) is 6.07. The molecule has 5 heteroatoms. The molecule has 1 N–H and O–H groups in total. The van der Waals surface area contributed by atoms with Crippen molar-refractivity contribution in [3.8, 4) is 10.4 Å². The van der Waals surface area contributed by atoms with E-state index in [1.165, 1.54) is 30.8 Å². The minimum atomic E-state index is 0.188. The van der Waals surface area contributed by atoms with Gasteiger partial charge in [0.25, 0.3) is 0 Å². The molecule has 2 aromatic heterocycles. The summed E-state index contributed by atoms with van der Waals surface area (Å²) in [5.74, 6) is 1.41. The fourth-order valence-electron chi connectivity index (χ4n) is 4.48. The van der Waals surface area contributed by atoms with E-state index in [-0.39, 0.29) is 5.78 Å². The van der Waals surface area contributed by atoms with Crippen LogP contribution in [-0.2, 0) is 0 Å². The number of rotatable bonds is 4. The number of aromatic nitrogens is 2. The van der Waals surface area contributed by atoms with Crippen LogP contribution in [0.1, 0.15) is 29.8 Å². The number of nitrogens with one attached hydrogen (secondary N) is 1. The van der Waals surface area contributed by atoms with E-state index in [2.05, 4.69) is 44.7 Å². The third kappa shape index (κ3) is 2.71. The van der Waals surface area contributed by atoms with Crippen LogP contribution in [0.3, 0.4) is 0 Å². The number of hydrogen-bond acceptors (Lipinski definition) is 4. The normalized spacial score (nSPS) is 25.5. The van der Waals surface area contributed by atoms with Crippen LogP contribution in [0, 0.1) is 11.8 Å². The fraction of sp³-hybridized carbons (Fsp3) is 0.400. The molecule has 0 aliphatic carbocycles. The van der Waals surface area contributed by atoms with Gasteiger partial charge in [-0.15, -0.1) is 11.3 Å². The van der Waals surface area contributed by atoms with Crippen LogP contribution < -0.4 is 0 Å². The van der Waals surface area contributed by atoms with E-state index in [9.17, 15) is 4.79 Å². The van der Waals surface area contributed by atoms with Gasteiger partial charge in [-0.25, -0.2) is 0 Å². The lowest BCUT2D eigenvalue weighted by Crippen LogP contribution is -2.47. The Morgan fingerprint density at radius 1 is 1.28 bits per heavy atom. The molecular formula is C20H21N3OS. The standard InChI is InChI=1S/C20H21N3OS/c24-18(11-15-12-23-7-5-13(15)6-8-23)20-16-10-14(19-2-1-9-25-19)3-4-17(16)21-22-20/h1-4,9-10,13,15H,5-8,11-12H2,(H,21,22)/t15-/m0/s1. The summed E-state index contributed by atoms with van der Waals surface area (Å²) in [6.45, 7) is 3.51. The topological polar surface area (TPSA) is 49.0 Å². The summed E-state index contributed by atoms with van der Waals surface area (Å²) in [7, 11) is 0. The molecule has 1 aromatic carbocycles. The van der Waals surface area contributed by atoms with E-state index >= 15 is 0 Å². The van der Waals surface area contributed by atoms with Crippen molar-refractivity contribution in [2.24, 2.45) is 11.8 Å². The first-order chi connectivity index (χ1) is 12.3. The monoisotopic (exact) mass is 351 g/mol. The summed E-state index contributed by atoms with van der Waals surface area (Å²) in [5, 5.41) is 10.4. The lowest BCUT2D eigenvalue weighted by Gasteiger charge is -2.44. The van der Waals surface area contributed by atoms with Crippen molar-refractivity contribution >= 4 is 28.0 Å². The van der Waals surface area contributed by atoms with E-state index < -0.39 is 0 Å². The smallest absolute Gasteiger partial charge is 0.184 e. The van der Waals surface area contributed by atoms with Crippen LogP contribution in [0.2, 0.25) is 0 Å². The molecule has 4 nitrogen and oxygen atoms in total. The number of piperidine rings is 3. The molecule has 3 fully saturated rings. The predicted octanol–water partition coefficient (Wildman–Crippen LogP) is 4.21. The van der Waals surface area contributed by atoms with Crippen LogP contribution in [0.15, 0.2) is 35.7 Å². The second-order valence-corrected chi connectivity index (χ2v) is 8.28. The summed E-state index contributed by atoms with van der Waals surface area (Å²) >= 11 is 1.72. The van der Waals surface area contributed by atoms with Crippen molar-refractivity contribution in [1.29, 1.82) is 0 Å². The van der Waals surface area contributed by atoms with E-state index in [1.54, 1.807) is 11.3 Å². The van der Waals surface area contributed by atoms with Crippen LogP contribution in [-0.4, -0.2) is 40.5 Å². The molecule has 0 spiro atoms. The van der Waals surface area contributed by atoms with Gasteiger partial charge in [-0.05, 0) is 66.9 Å². The Morgan fingerprint density at radius 3 is 2.88 bits per heavy atom. The van der Waals surface area contributed by atoms with E-state index in [1.807, 2.05) is 6.07 Å². The van der Waals surface area contributed by atoms with Gasteiger partial charge < -0.3 is 4.90 Å². The molecular weight excluding hydrogens is 330 g/mol. The SMILES string of the molecule is O=C(C[C@H]1CN2CCC1CC2)c1n[nH]c2ccc(-c3cccs3)cc12. The number of hydrogen-bond donors (Lipinski definition) is 1. The predicted molar refractivity (Wildman–Crippen MR) is 101 cm³/mol. The fourth-order valence-corrected chi connectivity index (χ4v) is 5.20. The summed E-state index contributed by atoms with van der Waals surface area (Å²) in [6.07, 6.45) is 3.13. The van der Waals surface area contributed by atoms with Gasteiger partial charge in [0.05, 0.1) is 5.52 Å². The minimum Gasteiger partial charge on any atom is -0.303 e. The largest absolute Gasteiger partial charge is 0.303 e. The molecule has 128 valence electrons. The maximum Gasteiger partial charge on any atom is 0.184 e. The van der Waals surface area contributed by atoms with Crippen molar-refractivity contribution in [2.45, 2.75) is 19.3 Å². The number of carbonyl (C=O) groups excluding carboxylic acids is 1. The summed E-state index contributed by atoms with van der Waals surface area (Å²) in [4.78, 5) is 16.7. The zero-order chi connectivity index (χ0) is 16.8. The minimum absolute atomic E-state index is 0.188. The van der Waals surface area contributed by atoms with Gasteiger partial charge in [0, 0.05) is 23.2 Å². The van der Waals surface area contributed by atoms with Crippen molar-refractivity contribution in [1.82, 2.24) is 15.1 Å². The van der Waals surface area contributed by atoms with Crippen LogP contribution in [0.5, 0.6) is 0 Å². The number of benzene rings is 1. The number of nitrogens with zero attached hydrogens (tertiary/aromatic N) is 2. The Balaban J connectivity index is 1.44. The zero-order valence-electron chi connectivity index (χ0n) is 14.1. The molecule has 5 heterocycles. The van der Waals surface area contributed by atoms with Crippen molar-refractivity contribution in [3.63, 3.8) is 0 Å². The van der Waals surface area contributed by atoms with Crippen LogP contribution in [0.4, 0.5) is 0 Å². The van der Waals surface area contributed by atoms with Crippen molar-refractivity contribution in [3.05, 3.63) is 41.4 Å². The molecule has 0 saturated carbocycles. The van der Waals surface area contributed by atoms with Crippen molar-refractivity contribution in [2.75, 3.05) is 19.6 Å². The molecule has 0 radical (unpaired) electrons. The Morgan fingerprint density at radius 2 is 2.16 bits per heavy atom. The van der Waals surface area contributed by atoms with Crippen LogP contribution >= 0.6 is 11.3 Å². The van der Waals surface area contributed by atoms with Gasteiger partial charge in [-0.3, -0.25) is 9.89 Å². The lowest BCUT2D eigenvalue weighted by atomic mass is 9.76. The summed E-state index contributed by atoms with van der Waals surface area (Å²) < 4.78 is 0. The maximum atomic E-state index is 13.0. The molecule has 3 aliphatic heterocycles. The van der Waals surface area contributed by atoms with Gasteiger partial charge in [-0.2, -0.15) is 5.10 Å². The molecule has 0 amide bonds. The maximum absolute atomic E-state index is 13.0. The quantitative estimate of drug-likeness (QED) is 0.717. The number of aromatic amines is 1. The summed E-state index contributed by atoms with van der Waals surface area (Å²) in [6, 6.07) is 10.4. The van der Waals surface area contributed by atoms with Gasteiger partial charge in [-0.1, -0.05) is 12.1 Å². The number of carbonyl (C=O) groups is 1. The first kappa shape index (κ1) is 15.3. The lowest BCUT2D eigenvalue weighted by molar-refractivity contribution is 0.0440. The number of fused-ring (bicyclic) bond motifs is 4. The number of H-pyrrole nitrogens is 1. The molecule has 3 saturated heterocycles. The average molecular weight is 351 g/mol. The van der Waals surface area contributed by atoms with E-state index in [0.717, 1.165) is 28.9 Å². The highest BCUT2D eigenvalue weighted by atomic mass is 32.1. The third-order valence-corrected chi connectivity index (χ3v) is 6.79. The summed E-state index contributed by atoms with van der Waals surface area (Å²) in [5.41, 5.74) is 2.71. The average Bonchev–Trinajstić information content (AvgIpc) is 3.32. The first-order valence-corrected chi connectivity index (χ1v) is 9.93. The van der Waals surface area contributed by atoms with E-state index in [0.29, 0.717) is 18.0 Å². The molecule has 3 aliphatic rings. The first-order valence-electron chi connectivity index (χ1n) is 9.05. The molecule has 1 atom stereocenters. The highest BCUT2D eigenvalue weighted by Gasteiger charge is 2.35. The molecule has 25 heavy (non-hydrogen) atoms. The number of ketones is 1. The molecule has 2 bridgehead atoms. The Hall–Kier alpha value is -1.98. The number of Topliss-reactive ketones (excluding diaryl/α,β-unsaturated/α-hetero) is 1. The Bertz CT molecular complexity index is 906. The highest BCUT2D eigenvalue weighted by molar-refractivity contribution is 7.13. The molecule has 6 rings (SSSR count). The Kier molecular flexibility index (Phi) is 3.71. The van der Waals surface area contributed by atoms with Gasteiger partial charge in [0.2, 0.25) is 0 Å².